The van der Waals surface area contributed by atoms with Crippen molar-refractivity contribution in [3.05, 3.63) is 22.9 Å². The van der Waals surface area contributed by atoms with Gasteiger partial charge in [-0.25, -0.2) is 18.6 Å². The molecule has 0 amide bonds. The molecule has 0 aliphatic carbocycles. The molecule has 0 spiro atoms. The number of carbonyl (C=O) groups is 1. The van der Waals surface area contributed by atoms with Crippen LogP contribution in [-0.2, 0) is 0 Å². The lowest BCUT2D eigenvalue weighted by molar-refractivity contribution is 0.0696. The van der Waals surface area contributed by atoms with E-state index < -0.39 is 18.0 Å². The number of carboxylic acids is 1. The average Bonchev–Trinajstić information content (AvgIpc) is 2.02. The van der Waals surface area contributed by atoms with E-state index in [1.165, 1.54) is 6.92 Å². The van der Waals surface area contributed by atoms with Gasteiger partial charge in [0.1, 0.15) is 11.4 Å². The maximum atomic E-state index is 12.3. The summed E-state index contributed by atoms with van der Waals surface area (Å²) in [6.45, 7) is 1.28. The molecule has 1 aromatic heterocycles. The van der Waals surface area contributed by atoms with Crippen LogP contribution < -0.4 is 5.73 Å². The van der Waals surface area contributed by atoms with Crippen LogP contribution in [0.25, 0.3) is 0 Å². The van der Waals surface area contributed by atoms with Crippen LogP contribution in [-0.4, -0.2) is 16.1 Å². The van der Waals surface area contributed by atoms with Gasteiger partial charge < -0.3 is 10.8 Å². The van der Waals surface area contributed by atoms with Crippen molar-refractivity contribution in [1.29, 1.82) is 0 Å². The van der Waals surface area contributed by atoms with Crippen molar-refractivity contribution in [1.82, 2.24) is 4.98 Å². The van der Waals surface area contributed by atoms with Gasteiger partial charge in [-0.15, -0.1) is 0 Å². The van der Waals surface area contributed by atoms with Crippen molar-refractivity contribution >= 4 is 11.8 Å². The van der Waals surface area contributed by atoms with Crippen LogP contribution in [0, 0.1) is 6.92 Å². The van der Waals surface area contributed by atoms with E-state index in [0.29, 0.717) is 0 Å². The molecule has 3 N–H and O–H groups in total. The fourth-order valence-corrected chi connectivity index (χ4v) is 1.13. The summed E-state index contributed by atoms with van der Waals surface area (Å²) in [7, 11) is 0. The van der Waals surface area contributed by atoms with E-state index in [9.17, 15) is 13.6 Å². The lowest BCUT2D eigenvalue weighted by atomic mass is 10.1. The van der Waals surface area contributed by atoms with Crippen molar-refractivity contribution < 1.29 is 18.7 Å². The number of anilines is 1. The summed E-state index contributed by atoms with van der Waals surface area (Å²) in [5.74, 6) is -1.60. The second-order valence-electron chi connectivity index (χ2n) is 2.70. The van der Waals surface area contributed by atoms with Crippen molar-refractivity contribution in [3.63, 3.8) is 0 Å². The Hall–Kier alpha value is -1.72. The highest BCUT2D eigenvalue weighted by Crippen LogP contribution is 2.26. The zero-order valence-corrected chi connectivity index (χ0v) is 7.29. The first-order chi connectivity index (χ1) is 6.45. The molecular weight excluding hydrogens is 194 g/mol. The highest BCUT2D eigenvalue weighted by atomic mass is 19.3. The second-order valence-corrected chi connectivity index (χ2v) is 2.70. The highest BCUT2D eigenvalue weighted by molar-refractivity contribution is 5.94. The van der Waals surface area contributed by atoms with Gasteiger partial charge in [-0.05, 0) is 12.5 Å². The van der Waals surface area contributed by atoms with Gasteiger partial charge in [-0.3, -0.25) is 0 Å². The fraction of sp³-hybridized carbons (Fsp3) is 0.250. The minimum atomic E-state index is -2.75. The lowest BCUT2D eigenvalue weighted by Crippen LogP contribution is -2.09. The standard InChI is InChI=1S/C8H8F2N2O2/c1-3-4(6(9)10)2-12-7(11)5(3)8(13)14/h2,6H,1H3,(H2,11,12)(H,13,14). The monoisotopic (exact) mass is 202 g/mol. The zero-order valence-electron chi connectivity index (χ0n) is 7.29. The molecule has 0 atom stereocenters. The molecule has 0 fully saturated rings. The quantitative estimate of drug-likeness (QED) is 0.763. The molecule has 76 valence electrons. The molecular formula is C8H8F2N2O2. The number of nitrogens with two attached hydrogens (primary N) is 1. The number of halogens is 2. The van der Waals surface area contributed by atoms with Crippen LogP contribution in [0.1, 0.15) is 27.9 Å². The van der Waals surface area contributed by atoms with Gasteiger partial charge in [0.15, 0.2) is 0 Å². The smallest absolute Gasteiger partial charge is 0.339 e. The number of hydrogen-bond acceptors (Lipinski definition) is 3. The van der Waals surface area contributed by atoms with Crippen molar-refractivity contribution in [2.24, 2.45) is 0 Å². The van der Waals surface area contributed by atoms with E-state index in [4.69, 9.17) is 10.8 Å². The van der Waals surface area contributed by atoms with Crippen LogP contribution in [0.5, 0.6) is 0 Å². The largest absolute Gasteiger partial charge is 0.478 e. The summed E-state index contributed by atoms with van der Waals surface area (Å²) >= 11 is 0. The zero-order chi connectivity index (χ0) is 10.9. The SMILES string of the molecule is Cc1c(C(F)F)cnc(N)c1C(=O)O. The summed E-state index contributed by atoms with van der Waals surface area (Å²) < 4.78 is 24.7. The van der Waals surface area contributed by atoms with Crippen molar-refractivity contribution in [3.8, 4) is 0 Å². The Labute approximate surface area is 78.4 Å². The summed E-state index contributed by atoms with van der Waals surface area (Å²) in [6.07, 6.45) is -1.86. The third kappa shape index (κ3) is 1.63. The molecule has 4 nitrogen and oxygen atoms in total. The first-order valence-corrected chi connectivity index (χ1v) is 3.71. The van der Waals surface area contributed by atoms with Crippen LogP contribution in [0.3, 0.4) is 0 Å². The van der Waals surface area contributed by atoms with Crippen LogP contribution in [0.15, 0.2) is 6.20 Å². The number of pyridine rings is 1. The molecule has 0 bridgehead atoms. The number of rotatable bonds is 2. The predicted molar refractivity (Wildman–Crippen MR) is 45.3 cm³/mol. The Morgan fingerprint density at radius 3 is 2.64 bits per heavy atom. The molecule has 14 heavy (non-hydrogen) atoms. The van der Waals surface area contributed by atoms with Gasteiger partial charge in [0.05, 0.1) is 0 Å². The summed E-state index contributed by atoms with van der Waals surface area (Å²) in [5, 5.41) is 8.69. The number of aromatic nitrogens is 1. The molecule has 1 heterocycles. The lowest BCUT2D eigenvalue weighted by Gasteiger charge is -2.08. The van der Waals surface area contributed by atoms with Crippen LogP contribution >= 0.6 is 0 Å². The van der Waals surface area contributed by atoms with Crippen molar-refractivity contribution in [2.75, 3.05) is 5.73 Å². The predicted octanol–water partition coefficient (Wildman–Crippen LogP) is 1.61. The summed E-state index contributed by atoms with van der Waals surface area (Å²) in [4.78, 5) is 14.1. The molecule has 1 rings (SSSR count). The van der Waals surface area contributed by atoms with Crippen LogP contribution in [0.4, 0.5) is 14.6 Å². The molecule has 0 saturated carbocycles. The second kappa shape index (κ2) is 3.57. The fourth-order valence-electron chi connectivity index (χ4n) is 1.13. The number of carboxylic acid groups (broad SMARTS) is 1. The van der Waals surface area contributed by atoms with Crippen LogP contribution in [0.2, 0.25) is 0 Å². The van der Waals surface area contributed by atoms with E-state index in [-0.39, 0.29) is 16.9 Å². The Morgan fingerprint density at radius 1 is 1.64 bits per heavy atom. The third-order valence-corrected chi connectivity index (χ3v) is 1.86. The number of alkyl halides is 2. The molecule has 0 aliphatic rings. The van der Waals surface area contributed by atoms with E-state index in [0.717, 1.165) is 6.20 Å². The molecule has 0 aromatic carbocycles. The molecule has 1 aromatic rings. The molecule has 0 radical (unpaired) electrons. The Morgan fingerprint density at radius 2 is 2.21 bits per heavy atom. The van der Waals surface area contributed by atoms with Gasteiger partial charge in [-0.1, -0.05) is 0 Å². The minimum absolute atomic E-state index is 0.0417. The van der Waals surface area contributed by atoms with Gasteiger partial charge in [0.2, 0.25) is 0 Å². The maximum absolute atomic E-state index is 12.3. The van der Waals surface area contributed by atoms with E-state index in [1.54, 1.807) is 0 Å². The Bertz CT molecular complexity index is 380. The Kier molecular flexibility index (Phi) is 2.64. The molecule has 6 heteroatoms. The summed E-state index contributed by atoms with van der Waals surface area (Å²) in [6, 6.07) is 0. The molecule has 0 aliphatic heterocycles. The number of nitrogens with zero attached hydrogens (tertiary/aromatic N) is 1. The first-order valence-electron chi connectivity index (χ1n) is 3.71. The van der Waals surface area contributed by atoms with Gasteiger partial charge in [-0.2, -0.15) is 0 Å². The van der Waals surface area contributed by atoms with E-state index >= 15 is 0 Å². The van der Waals surface area contributed by atoms with E-state index in [1.807, 2.05) is 0 Å². The van der Waals surface area contributed by atoms with E-state index in [2.05, 4.69) is 4.98 Å². The molecule has 0 saturated heterocycles. The first kappa shape index (κ1) is 10.4. The number of aromatic carboxylic acids is 1. The maximum Gasteiger partial charge on any atom is 0.339 e. The Balaban J connectivity index is 3.41. The third-order valence-electron chi connectivity index (χ3n) is 1.86. The number of nitrogen functional groups attached to an aromatic ring is 1. The highest BCUT2D eigenvalue weighted by Gasteiger charge is 2.20. The number of hydrogen-bond donors (Lipinski definition) is 2. The topological polar surface area (TPSA) is 76.2 Å². The normalized spacial score (nSPS) is 10.6. The average molecular weight is 202 g/mol. The van der Waals surface area contributed by atoms with Crippen molar-refractivity contribution in [2.45, 2.75) is 13.3 Å². The summed E-state index contributed by atoms with van der Waals surface area (Å²) in [5.41, 5.74) is 4.45. The van der Waals surface area contributed by atoms with Gasteiger partial charge >= 0.3 is 5.97 Å². The van der Waals surface area contributed by atoms with Gasteiger partial charge in [0.25, 0.3) is 6.43 Å². The minimum Gasteiger partial charge on any atom is -0.478 e. The molecule has 0 unspecified atom stereocenters. The van der Waals surface area contributed by atoms with Gasteiger partial charge in [0, 0.05) is 11.8 Å².